The first-order chi connectivity index (χ1) is 13.8. The van der Waals surface area contributed by atoms with E-state index < -0.39 is 5.41 Å². The Labute approximate surface area is 174 Å². The molecule has 0 spiro atoms. The van der Waals surface area contributed by atoms with Crippen molar-refractivity contribution in [3.8, 4) is 0 Å². The van der Waals surface area contributed by atoms with Crippen LogP contribution >= 0.6 is 0 Å². The van der Waals surface area contributed by atoms with E-state index in [9.17, 15) is 14.4 Å². The first kappa shape index (κ1) is 27.6. The van der Waals surface area contributed by atoms with Gasteiger partial charge in [-0.05, 0) is 20.1 Å². The lowest BCUT2D eigenvalue weighted by Crippen LogP contribution is -2.42. The van der Waals surface area contributed by atoms with Crippen molar-refractivity contribution < 1.29 is 33.3 Å². The van der Waals surface area contributed by atoms with Crippen molar-refractivity contribution in [3.63, 3.8) is 0 Å². The summed E-state index contributed by atoms with van der Waals surface area (Å²) < 4.78 is 22.8. The average Bonchev–Trinajstić information content (AvgIpc) is 2.68. The van der Waals surface area contributed by atoms with E-state index >= 15 is 0 Å². The van der Waals surface area contributed by atoms with Crippen LogP contribution in [-0.2, 0) is 33.3 Å². The van der Waals surface area contributed by atoms with Crippen LogP contribution in [0.5, 0.6) is 0 Å². The summed E-state index contributed by atoms with van der Waals surface area (Å²) in [5.41, 5.74) is -0.637. The molecular weight excluding hydrogens is 377 g/mol. The van der Waals surface area contributed by atoms with Gasteiger partial charge in [0.2, 0.25) is 0 Å². The molecule has 29 heavy (non-hydrogen) atoms. The highest BCUT2D eigenvalue weighted by atomic mass is 16.5. The fourth-order valence-electron chi connectivity index (χ4n) is 2.30. The molecule has 0 aromatic carbocycles. The predicted octanol–water partition coefficient (Wildman–Crippen LogP) is 1.71. The van der Waals surface area contributed by atoms with Gasteiger partial charge in [-0.3, -0.25) is 9.59 Å². The largest absolute Gasteiger partial charge is 0.380 e. The smallest absolute Gasteiger partial charge is 0.199 e. The fourth-order valence-corrected chi connectivity index (χ4v) is 2.30. The third-order valence-corrected chi connectivity index (χ3v) is 4.05. The molecule has 0 aliphatic rings. The highest BCUT2D eigenvalue weighted by Crippen LogP contribution is 2.21. The molecule has 0 rings (SSSR count). The van der Waals surface area contributed by atoms with Crippen LogP contribution in [0.1, 0.15) is 39.5 Å². The van der Waals surface area contributed by atoms with E-state index in [0.717, 1.165) is 0 Å². The molecule has 0 saturated carbocycles. The highest BCUT2D eigenvalue weighted by Gasteiger charge is 2.32. The number of nitrogens with one attached hydrogen (secondary N) is 1. The third kappa shape index (κ3) is 16.1. The number of ketones is 2. The second-order valence-corrected chi connectivity index (χ2v) is 7.11. The number of Topliss-reactive ketones (excluding diaryl/α,β-unsaturated/α-hetero) is 2. The normalized spacial score (nSPS) is 11.3. The Morgan fingerprint density at radius 2 is 1.21 bits per heavy atom. The average molecular weight is 412 g/mol. The van der Waals surface area contributed by atoms with Crippen molar-refractivity contribution >= 4 is 30.7 Å². The van der Waals surface area contributed by atoms with Gasteiger partial charge >= 0.3 is 0 Å². The predicted molar refractivity (Wildman–Crippen MR) is 111 cm³/mol. The van der Waals surface area contributed by atoms with Gasteiger partial charge in [0.1, 0.15) is 11.6 Å². The second kappa shape index (κ2) is 17.4. The standard InChI is InChI=1S/C20H35BNO7/c1-17(23)5-10-27-14-20(13-26-9-4-8-22,15-28-11-6-18(2)24)16-29-12-7-19(25)21-3/h8,22H,4-7,9-16H2,1-3H3. The van der Waals surface area contributed by atoms with E-state index in [1.165, 1.54) is 27.3 Å². The molecule has 0 aromatic heterocycles. The quantitative estimate of drug-likeness (QED) is 0.174. The van der Waals surface area contributed by atoms with Gasteiger partial charge in [-0.25, -0.2) is 0 Å². The van der Waals surface area contributed by atoms with Crippen LogP contribution in [0.2, 0.25) is 6.82 Å². The Balaban J connectivity index is 4.91. The van der Waals surface area contributed by atoms with Crippen LogP contribution in [0.25, 0.3) is 0 Å². The van der Waals surface area contributed by atoms with Gasteiger partial charge in [-0.15, -0.1) is 0 Å². The van der Waals surface area contributed by atoms with Gasteiger partial charge < -0.3 is 29.2 Å². The van der Waals surface area contributed by atoms with Crippen molar-refractivity contribution in [3.05, 3.63) is 0 Å². The molecule has 0 fully saturated rings. The minimum absolute atomic E-state index is 0.00764. The summed E-state index contributed by atoms with van der Waals surface area (Å²) >= 11 is 0. The van der Waals surface area contributed by atoms with E-state index in [1.807, 2.05) is 0 Å². The van der Waals surface area contributed by atoms with Gasteiger partial charge in [0.05, 0.1) is 64.0 Å². The van der Waals surface area contributed by atoms with E-state index in [0.29, 0.717) is 25.9 Å². The molecule has 9 heteroatoms. The van der Waals surface area contributed by atoms with Crippen molar-refractivity contribution in [2.75, 3.05) is 52.9 Å². The van der Waals surface area contributed by atoms with Crippen molar-refractivity contribution in [2.45, 2.75) is 46.4 Å². The zero-order valence-electron chi connectivity index (χ0n) is 18.0. The molecule has 0 unspecified atom stereocenters. The van der Waals surface area contributed by atoms with Crippen LogP contribution in [-0.4, -0.2) is 83.6 Å². The van der Waals surface area contributed by atoms with Gasteiger partial charge in [0.25, 0.3) is 0 Å². The maximum Gasteiger partial charge on any atom is 0.199 e. The summed E-state index contributed by atoms with van der Waals surface area (Å²) in [4.78, 5) is 33.7. The number of rotatable bonds is 21. The Bertz CT molecular complexity index is 477. The number of hydrogen-bond donors (Lipinski definition) is 1. The van der Waals surface area contributed by atoms with Gasteiger partial charge in [0.15, 0.2) is 7.28 Å². The van der Waals surface area contributed by atoms with Gasteiger partial charge in [0, 0.05) is 25.7 Å². The number of ether oxygens (including phenoxy) is 4. The van der Waals surface area contributed by atoms with E-state index in [2.05, 4.69) is 0 Å². The van der Waals surface area contributed by atoms with E-state index in [-0.39, 0.29) is 69.9 Å². The summed E-state index contributed by atoms with van der Waals surface area (Å²) in [6, 6.07) is 0. The Morgan fingerprint density at radius 1 is 0.793 bits per heavy atom. The monoisotopic (exact) mass is 412 g/mol. The topological polar surface area (TPSA) is 112 Å². The molecule has 0 aliphatic heterocycles. The zero-order valence-corrected chi connectivity index (χ0v) is 18.0. The summed E-state index contributed by atoms with van der Waals surface area (Å²) in [7, 11) is 1.51. The Morgan fingerprint density at radius 3 is 1.59 bits per heavy atom. The van der Waals surface area contributed by atoms with Gasteiger partial charge in [-0.1, -0.05) is 6.82 Å². The SMILES string of the molecule is C[B]C(=O)CCOCC(COCCC=N)(COCCC(C)=O)COCCC(C)=O. The summed E-state index contributed by atoms with van der Waals surface area (Å²) in [6.45, 7) is 6.95. The molecule has 0 heterocycles. The van der Waals surface area contributed by atoms with E-state index in [4.69, 9.17) is 24.4 Å². The minimum Gasteiger partial charge on any atom is -0.380 e. The zero-order chi connectivity index (χ0) is 22.0. The molecule has 1 N–H and O–H groups in total. The molecule has 1 radical (unpaired) electrons. The Hall–Kier alpha value is -1.42. The molecule has 0 aromatic rings. The van der Waals surface area contributed by atoms with Crippen LogP contribution in [0.4, 0.5) is 0 Å². The van der Waals surface area contributed by atoms with Crippen LogP contribution in [0.3, 0.4) is 0 Å². The van der Waals surface area contributed by atoms with Crippen molar-refractivity contribution in [1.29, 1.82) is 5.41 Å². The lowest BCUT2D eigenvalue weighted by Gasteiger charge is -2.33. The molecule has 0 bridgehead atoms. The number of hydrogen-bond acceptors (Lipinski definition) is 8. The third-order valence-electron chi connectivity index (χ3n) is 4.05. The number of carbonyl (C=O) groups is 3. The van der Waals surface area contributed by atoms with Gasteiger partial charge in [-0.2, -0.15) is 0 Å². The molecule has 0 amide bonds. The van der Waals surface area contributed by atoms with Crippen LogP contribution in [0.15, 0.2) is 0 Å². The van der Waals surface area contributed by atoms with Crippen LogP contribution < -0.4 is 0 Å². The summed E-state index contributed by atoms with van der Waals surface area (Å²) in [6.07, 6.45) is 2.69. The molecule has 165 valence electrons. The second-order valence-electron chi connectivity index (χ2n) is 7.11. The van der Waals surface area contributed by atoms with E-state index in [1.54, 1.807) is 6.82 Å². The van der Waals surface area contributed by atoms with Crippen LogP contribution in [0, 0.1) is 10.8 Å². The molecular formula is C20H35BNO7. The molecule has 0 atom stereocenters. The minimum atomic E-state index is -0.644. The fraction of sp³-hybridized carbons (Fsp3) is 0.800. The lowest BCUT2D eigenvalue weighted by molar-refractivity contribution is -0.123. The summed E-state index contributed by atoms with van der Waals surface area (Å²) in [5, 5.41) is 7.11. The maximum absolute atomic E-state index is 11.4. The number of carbonyl (C=O) groups excluding carboxylic acids is 3. The first-order valence-electron chi connectivity index (χ1n) is 9.96. The lowest BCUT2D eigenvalue weighted by atomic mass is 9.75. The highest BCUT2D eigenvalue weighted by molar-refractivity contribution is 6.72. The first-order valence-corrected chi connectivity index (χ1v) is 9.96. The maximum atomic E-state index is 11.4. The molecule has 0 saturated heterocycles. The van der Waals surface area contributed by atoms with Crippen molar-refractivity contribution in [2.24, 2.45) is 5.41 Å². The molecule has 8 nitrogen and oxygen atoms in total. The van der Waals surface area contributed by atoms with Crippen molar-refractivity contribution in [1.82, 2.24) is 0 Å². The summed E-state index contributed by atoms with van der Waals surface area (Å²) in [5.74, 6) is 0.0854. The molecule has 0 aliphatic carbocycles. The Kier molecular flexibility index (Phi) is 16.6.